The van der Waals surface area contributed by atoms with Gasteiger partial charge in [-0.1, -0.05) is 0 Å². The fourth-order valence-electron chi connectivity index (χ4n) is 3.61. The molecule has 0 saturated carbocycles. The van der Waals surface area contributed by atoms with Crippen LogP contribution >= 0.6 is 11.3 Å². The minimum atomic E-state index is -0.594. The van der Waals surface area contributed by atoms with E-state index in [9.17, 15) is 4.79 Å². The van der Waals surface area contributed by atoms with Crippen molar-refractivity contribution in [2.75, 3.05) is 19.6 Å². The fraction of sp³-hybridized carbons (Fsp3) is 0.556. The van der Waals surface area contributed by atoms with Crippen LogP contribution < -0.4 is 5.32 Å². The van der Waals surface area contributed by atoms with Gasteiger partial charge in [0.05, 0.1) is 17.5 Å². The number of hydrogen-bond donors (Lipinski definition) is 1. The molecule has 1 N–H and O–H groups in total. The molecular weight excluding hydrogens is 338 g/mol. The molecule has 5 rings (SSSR count). The Hall–Kier alpha value is -1.86. The Morgan fingerprint density at radius 1 is 1.44 bits per heavy atom. The molecule has 5 heterocycles. The normalized spacial score (nSPS) is 25.8. The van der Waals surface area contributed by atoms with E-state index in [0.29, 0.717) is 5.92 Å². The summed E-state index contributed by atoms with van der Waals surface area (Å²) in [6, 6.07) is 1.88. The Bertz CT molecular complexity index is 733. The van der Waals surface area contributed by atoms with Crippen molar-refractivity contribution in [1.29, 1.82) is 0 Å². The molecule has 0 radical (unpaired) electrons. The lowest BCUT2D eigenvalue weighted by molar-refractivity contribution is -0.0350. The van der Waals surface area contributed by atoms with Crippen LogP contribution in [0.5, 0.6) is 0 Å². The molecule has 6 nitrogen and oxygen atoms in total. The highest BCUT2D eigenvalue weighted by molar-refractivity contribution is 7.13. The number of alkyl carbamates (subject to hydrolysis) is 1. The summed E-state index contributed by atoms with van der Waals surface area (Å²) >= 11 is 1.54. The number of furan rings is 1. The summed E-state index contributed by atoms with van der Waals surface area (Å²) < 4.78 is 10.8. The molecule has 0 spiro atoms. The minimum absolute atomic E-state index is 0.00947. The van der Waals surface area contributed by atoms with Crippen LogP contribution in [0.1, 0.15) is 32.4 Å². The lowest BCUT2D eigenvalue weighted by Gasteiger charge is -2.44. The number of hydrogen-bond acceptors (Lipinski definition) is 6. The number of carbonyl (C=O) groups excluding carboxylic acids is 1. The van der Waals surface area contributed by atoms with Gasteiger partial charge in [-0.3, -0.25) is 4.90 Å². The van der Waals surface area contributed by atoms with Gasteiger partial charge >= 0.3 is 6.09 Å². The van der Waals surface area contributed by atoms with Gasteiger partial charge in [0.2, 0.25) is 0 Å². The van der Waals surface area contributed by atoms with Gasteiger partial charge in [0.15, 0.2) is 0 Å². The van der Waals surface area contributed by atoms with Crippen LogP contribution in [0.25, 0.3) is 10.6 Å². The third-order valence-corrected chi connectivity index (χ3v) is 6.07. The number of rotatable bonds is 4. The summed E-state index contributed by atoms with van der Waals surface area (Å²) in [5.74, 6) is 0.505. The number of aromatic nitrogens is 1. The molecule has 25 heavy (non-hydrogen) atoms. The molecule has 3 aliphatic rings. The summed E-state index contributed by atoms with van der Waals surface area (Å²) in [6.45, 7) is 7.01. The van der Waals surface area contributed by atoms with E-state index in [0.717, 1.165) is 48.7 Å². The van der Waals surface area contributed by atoms with Gasteiger partial charge in [0, 0.05) is 17.5 Å². The summed E-state index contributed by atoms with van der Waals surface area (Å²) in [5.41, 5.74) is 1.17. The van der Waals surface area contributed by atoms with Crippen molar-refractivity contribution in [3.8, 4) is 10.6 Å². The van der Waals surface area contributed by atoms with Crippen LogP contribution in [0.4, 0.5) is 4.79 Å². The SMILES string of the molecule is CC(C)(NC(=O)O[C@@H]1CN2CCC1CC2)c1csc(-c2ccoc2)n1. The lowest BCUT2D eigenvalue weighted by Crippen LogP contribution is -2.53. The lowest BCUT2D eigenvalue weighted by atomic mass is 9.86. The number of thiazole rings is 1. The van der Waals surface area contributed by atoms with E-state index in [2.05, 4.69) is 15.2 Å². The predicted octanol–water partition coefficient (Wildman–Crippen LogP) is 3.46. The predicted molar refractivity (Wildman–Crippen MR) is 95.4 cm³/mol. The van der Waals surface area contributed by atoms with Gasteiger partial charge in [-0.15, -0.1) is 11.3 Å². The Labute approximate surface area is 151 Å². The Morgan fingerprint density at radius 3 is 2.88 bits per heavy atom. The zero-order valence-electron chi connectivity index (χ0n) is 14.5. The van der Waals surface area contributed by atoms with E-state index < -0.39 is 5.54 Å². The Balaban J connectivity index is 1.40. The first-order valence-corrected chi connectivity index (χ1v) is 9.59. The molecular formula is C18H23N3O3S. The van der Waals surface area contributed by atoms with Crippen molar-refractivity contribution in [1.82, 2.24) is 15.2 Å². The summed E-state index contributed by atoms with van der Waals surface area (Å²) in [6.07, 6.45) is 5.20. The molecule has 134 valence electrons. The van der Waals surface area contributed by atoms with Gasteiger partial charge in [0.1, 0.15) is 17.4 Å². The van der Waals surface area contributed by atoms with Crippen LogP contribution in [0, 0.1) is 5.92 Å². The summed E-state index contributed by atoms with van der Waals surface area (Å²) in [5, 5.41) is 5.83. The number of carbonyl (C=O) groups is 1. The highest BCUT2D eigenvalue weighted by atomic mass is 32.1. The van der Waals surface area contributed by atoms with Gasteiger partial charge < -0.3 is 14.5 Å². The smallest absolute Gasteiger partial charge is 0.408 e. The third-order valence-electron chi connectivity index (χ3n) is 5.18. The van der Waals surface area contributed by atoms with E-state index in [1.807, 2.05) is 25.3 Å². The van der Waals surface area contributed by atoms with E-state index in [1.54, 1.807) is 12.5 Å². The van der Waals surface area contributed by atoms with Crippen molar-refractivity contribution in [3.63, 3.8) is 0 Å². The molecule has 3 saturated heterocycles. The van der Waals surface area contributed by atoms with Gasteiger partial charge in [0.25, 0.3) is 0 Å². The highest BCUT2D eigenvalue weighted by Crippen LogP contribution is 2.31. The van der Waals surface area contributed by atoms with Crippen molar-refractivity contribution >= 4 is 17.4 Å². The van der Waals surface area contributed by atoms with Crippen molar-refractivity contribution in [2.45, 2.75) is 38.3 Å². The zero-order valence-corrected chi connectivity index (χ0v) is 15.3. The van der Waals surface area contributed by atoms with E-state index in [-0.39, 0.29) is 12.2 Å². The molecule has 1 amide bonds. The third kappa shape index (κ3) is 3.43. The van der Waals surface area contributed by atoms with E-state index >= 15 is 0 Å². The quantitative estimate of drug-likeness (QED) is 0.903. The van der Waals surface area contributed by atoms with Crippen LogP contribution in [-0.2, 0) is 10.3 Å². The average Bonchev–Trinajstić information content (AvgIpc) is 3.27. The van der Waals surface area contributed by atoms with Crippen LogP contribution in [0.2, 0.25) is 0 Å². The fourth-order valence-corrected chi connectivity index (χ4v) is 4.58. The molecule has 0 unspecified atom stereocenters. The Kier molecular flexibility index (Phi) is 4.29. The zero-order chi connectivity index (χ0) is 17.4. The standard InChI is InChI=1S/C18H23N3O3S/c1-18(2,15-11-25-16(19-15)13-5-8-23-10-13)20-17(22)24-14-9-21-6-3-12(14)4-7-21/h5,8,10-12,14H,3-4,6-7,9H2,1-2H3,(H,20,22)/t14-/m1/s1. The first-order chi connectivity index (χ1) is 12.0. The maximum absolute atomic E-state index is 12.4. The molecule has 2 bridgehead atoms. The second-order valence-electron chi connectivity index (χ2n) is 7.38. The maximum atomic E-state index is 12.4. The minimum Gasteiger partial charge on any atom is -0.472 e. The topological polar surface area (TPSA) is 67.6 Å². The van der Waals surface area contributed by atoms with Crippen molar-refractivity contribution in [2.24, 2.45) is 5.92 Å². The largest absolute Gasteiger partial charge is 0.472 e. The van der Waals surface area contributed by atoms with Crippen LogP contribution in [0.15, 0.2) is 28.4 Å². The molecule has 2 aromatic rings. The maximum Gasteiger partial charge on any atom is 0.408 e. The second kappa shape index (κ2) is 6.46. The summed E-state index contributed by atoms with van der Waals surface area (Å²) in [7, 11) is 0. The number of ether oxygens (including phenoxy) is 1. The molecule has 1 atom stereocenters. The van der Waals surface area contributed by atoms with Gasteiger partial charge in [-0.25, -0.2) is 9.78 Å². The van der Waals surface area contributed by atoms with E-state index in [4.69, 9.17) is 9.15 Å². The summed E-state index contributed by atoms with van der Waals surface area (Å²) in [4.78, 5) is 19.4. The van der Waals surface area contributed by atoms with Crippen LogP contribution in [0.3, 0.4) is 0 Å². The molecule has 0 aromatic carbocycles. The molecule has 7 heteroatoms. The molecule has 0 aliphatic carbocycles. The first-order valence-electron chi connectivity index (χ1n) is 8.71. The Morgan fingerprint density at radius 2 is 2.24 bits per heavy atom. The molecule has 3 aliphatic heterocycles. The molecule has 3 fully saturated rings. The highest BCUT2D eigenvalue weighted by Gasteiger charge is 2.37. The number of nitrogens with zero attached hydrogens (tertiary/aromatic N) is 2. The number of amides is 1. The average molecular weight is 361 g/mol. The first kappa shape index (κ1) is 16.6. The molecule has 2 aromatic heterocycles. The van der Waals surface area contributed by atoms with Crippen LogP contribution in [-0.4, -0.2) is 41.7 Å². The number of nitrogens with one attached hydrogen (secondary N) is 1. The number of piperidine rings is 3. The van der Waals surface area contributed by atoms with Gasteiger partial charge in [-0.2, -0.15) is 0 Å². The second-order valence-corrected chi connectivity index (χ2v) is 8.24. The van der Waals surface area contributed by atoms with E-state index in [1.165, 1.54) is 11.3 Å². The van der Waals surface area contributed by atoms with Gasteiger partial charge in [-0.05, 0) is 51.8 Å². The van der Waals surface area contributed by atoms with Crippen molar-refractivity contribution in [3.05, 3.63) is 29.7 Å². The monoisotopic (exact) mass is 361 g/mol. The number of fused-ring (bicyclic) bond motifs is 3. The van der Waals surface area contributed by atoms with Crippen molar-refractivity contribution < 1.29 is 13.9 Å².